The third kappa shape index (κ3) is 4.82. The molecule has 1 atom stereocenters. The molecule has 0 spiro atoms. The first-order valence-corrected chi connectivity index (χ1v) is 9.80. The molecule has 6 heteroatoms. The van der Waals surface area contributed by atoms with Gasteiger partial charge >= 0.3 is 6.03 Å². The van der Waals surface area contributed by atoms with Crippen LogP contribution in [0.4, 0.5) is 10.5 Å². The zero-order chi connectivity index (χ0) is 19.9. The molecule has 0 aliphatic carbocycles. The Labute approximate surface area is 166 Å². The van der Waals surface area contributed by atoms with Gasteiger partial charge in [0.15, 0.2) is 0 Å². The van der Waals surface area contributed by atoms with Gasteiger partial charge in [0.25, 0.3) is 0 Å². The lowest BCUT2D eigenvalue weighted by Gasteiger charge is -2.26. The van der Waals surface area contributed by atoms with Gasteiger partial charge in [0.2, 0.25) is 5.91 Å². The van der Waals surface area contributed by atoms with Crippen LogP contribution >= 0.6 is 0 Å². The van der Waals surface area contributed by atoms with Gasteiger partial charge in [0.05, 0.1) is 12.6 Å². The maximum absolute atomic E-state index is 12.7. The van der Waals surface area contributed by atoms with Crippen LogP contribution in [0, 0.1) is 0 Å². The topological polar surface area (TPSA) is 78.7 Å². The summed E-state index contributed by atoms with van der Waals surface area (Å²) in [5.41, 5.74) is 8.56. The van der Waals surface area contributed by atoms with Crippen molar-refractivity contribution < 1.29 is 9.59 Å². The molecule has 3 amide bonds. The zero-order valence-corrected chi connectivity index (χ0v) is 16.3. The van der Waals surface area contributed by atoms with Crippen molar-refractivity contribution in [1.29, 1.82) is 0 Å². The molecule has 1 aliphatic rings. The van der Waals surface area contributed by atoms with Gasteiger partial charge in [-0.25, -0.2) is 4.79 Å². The minimum Gasteiger partial charge on any atom is -0.399 e. The van der Waals surface area contributed by atoms with Crippen molar-refractivity contribution in [3.05, 3.63) is 65.7 Å². The first kappa shape index (κ1) is 19.7. The Morgan fingerprint density at radius 2 is 1.86 bits per heavy atom. The lowest BCUT2D eigenvalue weighted by molar-refractivity contribution is -0.131. The van der Waals surface area contributed by atoms with Crippen LogP contribution in [0.3, 0.4) is 0 Å². The maximum atomic E-state index is 12.7. The molecule has 1 heterocycles. The van der Waals surface area contributed by atoms with Crippen molar-refractivity contribution in [3.8, 4) is 0 Å². The van der Waals surface area contributed by atoms with E-state index in [-0.39, 0.29) is 24.5 Å². The Balaban J connectivity index is 1.55. The molecule has 28 heavy (non-hydrogen) atoms. The Morgan fingerprint density at radius 3 is 2.54 bits per heavy atom. The van der Waals surface area contributed by atoms with Crippen LogP contribution in [0.2, 0.25) is 0 Å². The third-order valence-corrected chi connectivity index (χ3v) is 5.17. The van der Waals surface area contributed by atoms with Gasteiger partial charge in [-0.1, -0.05) is 42.5 Å². The van der Waals surface area contributed by atoms with Crippen molar-refractivity contribution in [3.63, 3.8) is 0 Å². The summed E-state index contributed by atoms with van der Waals surface area (Å²) in [6.07, 6.45) is 1.94. The Morgan fingerprint density at radius 1 is 1.14 bits per heavy atom. The average molecular weight is 380 g/mol. The summed E-state index contributed by atoms with van der Waals surface area (Å²) in [6.45, 7) is 3.70. The van der Waals surface area contributed by atoms with E-state index >= 15 is 0 Å². The van der Waals surface area contributed by atoms with E-state index < -0.39 is 0 Å². The first-order chi connectivity index (χ1) is 13.6. The molecule has 3 rings (SSSR count). The van der Waals surface area contributed by atoms with Crippen LogP contribution in [0.15, 0.2) is 54.6 Å². The first-order valence-electron chi connectivity index (χ1n) is 9.80. The fourth-order valence-electron chi connectivity index (χ4n) is 3.62. The van der Waals surface area contributed by atoms with Crippen molar-refractivity contribution in [2.45, 2.75) is 32.4 Å². The van der Waals surface area contributed by atoms with Crippen molar-refractivity contribution in [2.75, 3.05) is 25.4 Å². The van der Waals surface area contributed by atoms with Crippen LogP contribution in [-0.4, -0.2) is 41.4 Å². The van der Waals surface area contributed by atoms with E-state index in [1.165, 1.54) is 0 Å². The smallest absolute Gasteiger partial charge is 0.318 e. The Hall–Kier alpha value is -3.02. The standard InChI is InChI=1S/C22H28N4O2/c1-2-25(16-17-10-12-19(23)13-11-17)22(28)24-15-21(27)26-14-6-9-20(26)18-7-4-3-5-8-18/h3-5,7-8,10-13,20H,2,6,9,14-16,23H2,1H3,(H,24,28). The highest BCUT2D eigenvalue weighted by molar-refractivity contribution is 5.84. The van der Waals surface area contributed by atoms with E-state index in [1.807, 2.05) is 54.3 Å². The highest BCUT2D eigenvalue weighted by Crippen LogP contribution is 2.31. The number of nitrogens with two attached hydrogens (primary N) is 1. The largest absolute Gasteiger partial charge is 0.399 e. The normalized spacial score (nSPS) is 16.0. The van der Waals surface area contributed by atoms with Crippen LogP contribution in [-0.2, 0) is 11.3 Å². The fraction of sp³-hybridized carbons (Fsp3) is 0.364. The molecular formula is C22H28N4O2. The molecule has 0 bridgehead atoms. The summed E-state index contributed by atoms with van der Waals surface area (Å²) < 4.78 is 0. The van der Waals surface area contributed by atoms with Crippen LogP contribution in [0.1, 0.15) is 36.9 Å². The summed E-state index contributed by atoms with van der Waals surface area (Å²) in [5, 5.41) is 2.79. The summed E-state index contributed by atoms with van der Waals surface area (Å²) in [5.74, 6) is -0.0387. The molecule has 1 saturated heterocycles. The Kier molecular flexibility index (Phi) is 6.53. The molecule has 1 fully saturated rings. The number of urea groups is 1. The van der Waals surface area contributed by atoms with Gasteiger partial charge < -0.3 is 20.9 Å². The van der Waals surface area contributed by atoms with Crippen LogP contribution in [0.25, 0.3) is 0 Å². The molecule has 148 valence electrons. The van der Waals surface area contributed by atoms with E-state index in [0.29, 0.717) is 18.8 Å². The average Bonchev–Trinajstić information content (AvgIpc) is 3.22. The number of benzene rings is 2. The fourth-order valence-corrected chi connectivity index (χ4v) is 3.62. The molecule has 0 saturated carbocycles. The summed E-state index contributed by atoms with van der Waals surface area (Å²) in [7, 11) is 0. The quantitative estimate of drug-likeness (QED) is 0.756. The second kappa shape index (κ2) is 9.26. The predicted molar refractivity (Wildman–Crippen MR) is 110 cm³/mol. The highest BCUT2D eigenvalue weighted by Gasteiger charge is 2.29. The molecule has 2 aromatic carbocycles. The van der Waals surface area contributed by atoms with E-state index in [9.17, 15) is 9.59 Å². The van der Waals surface area contributed by atoms with Gasteiger partial charge in [-0.3, -0.25) is 4.79 Å². The number of carbonyl (C=O) groups is 2. The lowest BCUT2D eigenvalue weighted by Crippen LogP contribution is -2.45. The number of nitrogen functional groups attached to an aromatic ring is 1. The number of anilines is 1. The van der Waals surface area contributed by atoms with Gasteiger partial charge in [0, 0.05) is 25.3 Å². The van der Waals surface area contributed by atoms with Gasteiger partial charge in [-0.05, 0) is 43.0 Å². The zero-order valence-electron chi connectivity index (χ0n) is 16.3. The van der Waals surface area contributed by atoms with E-state index in [0.717, 1.165) is 30.5 Å². The molecule has 2 aromatic rings. The molecule has 3 N–H and O–H groups in total. The number of nitrogens with one attached hydrogen (secondary N) is 1. The number of carbonyl (C=O) groups excluding carboxylic acids is 2. The minimum atomic E-state index is -0.233. The van der Waals surface area contributed by atoms with E-state index in [2.05, 4.69) is 17.4 Å². The number of amides is 3. The van der Waals surface area contributed by atoms with Crippen LogP contribution in [0.5, 0.6) is 0 Å². The van der Waals surface area contributed by atoms with Crippen molar-refractivity contribution in [2.24, 2.45) is 0 Å². The van der Waals surface area contributed by atoms with Crippen molar-refractivity contribution in [1.82, 2.24) is 15.1 Å². The molecule has 1 unspecified atom stereocenters. The number of rotatable bonds is 6. The van der Waals surface area contributed by atoms with Crippen molar-refractivity contribution >= 4 is 17.6 Å². The number of likely N-dealkylation sites (tertiary alicyclic amines) is 1. The lowest BCUT2D eigenvalue weighted by atomic mass is 10.0. The SMILES string of the molecule is CCN(Cc1ccc(N)cc1)C(=O)NCC(=O)N1CCCC1c1ccccc1. The van der Waals surface area contributed by atoms with E-state index in [1.54, 1.807) is 4.90 Å². The van der Waals surface area contributed by atoms with Gasteiger partial charge in [-0.15, -0.1) is 0 Å². The minimum absolute atomic E-state index is 0.0143. The summed E-state index contributed by atoms with van der Waals surface area (Å²) in [6, 6.07) is 17.4. The maximum Gasteiger partial charge on any atom is 0.318 e. The molecule has 0 aromatic heterocycles. The van der Waals surface area contributed by atoms with E-state index in [4.69, 9.17) is 5.73 Å². The third-order valence-electron chi connectivity index (χ3n) is 5.17. The van der Waals surface area contributed by atoms with Crippen LogP contribution < -0.4 is 11.1 Å². The Bertz CT molecular complexity index is 792. The molecule has 6 nitrogen and oxygen atoms in total. The molecule has 1 aliphatic heterocycles. The van der Waals surface area contributed by atoms with Gasteiger partial charge in [0.1, 0.15) is 0 Å². The highest BCUT2D eigenvalue weighted by atomic mass is 16.2. The summed E-state index contributed by atoms with van der Waals surface area (Å²) in [4.78, 5) is 28.8. The van der Waals surface area contributed by atoms with Gasteiger partial charge in [-0.2, -0.15) is 0 Å². The second-order valence-corrected chi connectivity index (χ2v) is 7.07. The molecule has 0 radical (unpaired) electrons. The number of hydrogen-bond acceptors (Lipinski definition) is 3. The monoisotopic (exact) mass is 380 g/mol. The summed E-state index contributed by atoms with van der Waals surface area (Å²) >= 11 is 0. The number of nitrogens with zero attached hydrogens (tertiary/aromatic N) is 2. The second-order valence-electron chi connectivity index (χ2n) is 7.07. The predicted octanol–water partition coefficient (Wildman–Crippen LogP) is 3.16. The molecular weight excluding hydrogens is 352 g/mol. The number of hydrogen-bond donors (Lipinski definition) is 2.